The smallest absolute Gasteiger partial charge is 0.228 e. The zero-order valence-electron chi connectivity index (χ0n) is 10.5. The van der Waals surface area contributed by atoms with Gasteiger partial charge in [0.2, 0.25) is 6.23 Å². The van der Waals surface area contributed by atoms with Gasteiger partial charge in [0.15, 0.2) is 5.76 Å². The second kappa shape index (κ2) is 6.33. The summed E-state index contributed by atoms with van der Waals surface area (Å²) < 4.78 is 5.25. The molecule has 0 radical (unpaired) electrons. The van der Waals surface area contributed by atoms with Crippen molar-refractivity contribution in [2.24, 2.45) is 0 Å². The summed E-state index contributed by atoms with van der Waals surface area (Å²) in [5.74, 6) is 0.343. The summed E-state index contributed by atoms with van der Waals surface area (Å²) in [6.45, 7) is 2.00. The predicted molar refractivity (Wildman–Crippen MR) is 67.7 cm³/mol. The molecule has 19 heavy (non-hydrogen) atoms. The standard InChI is InChI=1S/C13H16N2O4/c1-9-4-10(6-14-5-9)8-18-15-13-12(17)3-2-11(7-16)19-13/h2-6,13,15-17H,7-8H2,1H3/t13-/m1/s1. The number of nitrogens with zero attached hydrogens (tertiary/aromatic N) is 1. The summed E-state index contributed by atoms with van der Waals surface area (Å²) in [6.07, 6.45) is 5.59. The van der Waals surface area contributed by atoms with Crippen LogP contribution in [0.5, 0.6) is 0 Å². The fourth-order valence-corrected chi connectivity index (χ4v) is 1.59. The maximum absolute atomic E-state index is 9.58. The number of pyridine rings is 1. The summed E-state index contributed by atoms with van der Waals surface area (Å²) in [7, 11) is 0. The van der Waals surface area contributed by atoms with Gasteiger partial charge >= 0.3 is 0 Å². The molecule has 0 saturated heterocycles. The van der Waals surface area contributed by atoms with E-state index in [1.165, 1.54) is 12.2 Å². The number of rotatable bonds is 5. The molecule has 1 aliphatic heterocycles. The molecule has 0 spiro atoms. The molecule has 6 nitrogen and oxygen atoms in total. The minimum absolute atomic E-state index is 0.0143. The fourth-order valence-electron chi connectivity index (χ4n) is 1.59. The topological polar surface area (TPSA) is 83.8 Å². The number of hydrogen-bond donors (Lipinski definition) is 3. The van der Waals surface area contributed by atoms with Crippen molar-refractivity contribution in [3.05, 3.63) is 53.3 Å². The van der Waals surface area contributed by atoms with Crippen LogP contribution < -0.4 is 5.48 Å². The molecule has 1 aromatic rings. The maximum Gasteiger partial charge on any atom is 0.228 e. The molecule has 3 N–H and O–H groups in total. The van der Waals surface area contributed by atoms with Crippen molar-refractivity contribution in [1.29, 1.82) is 0 Å². The largest absolute Gasteiger partial charge is 0.507 e. The Balaban J connectivity index is 1.83. The average molecular weight is 264 g/mol. The van der Waals surface area contributed by atoms with E-state index in [-0.39, 0.29) is 12.4 Å². The molecular formula is C13H16N2O4. The molecule has 6 heteroatoms. The number of aryl methyl sites for hydroxylation is 1. The van der Waals surface area contributed by atoms with Gasteiger partial charge in [0.1, 0.15) is 12.4 Å². The molecule has 0 unspecified atom stereocenters. The summed E-state index contributed by atoms with van der Waals surface area (Å²) >= 11 is 0. The number of allylic oxidation sites excluding steroid dienone is 2. The van der Waals surface area contributed by atoms with Crippen LogP contribution in [0.4, 0.5) is 0 Å². The highest BCUT2D eigenvalue weighted by atomic mass is 16.7. The lowest BCUT2D eigenvalue weighted by atomic mass is 10.2. The summed E-state index contributed by atoms with van der Waals surface area (Å²) in [6, 6.07) is 1.95. The summed E-state index contributed by atoms with van der Waals surface area (Å²) in [5.41, 5.74) is 4.54. The van der Waals surface area contributed by atoms with E-state index in [1.807, 2.05) is 13.0 Å². The molecule has 0 amide bonds. The monoisotopic (exact) mass is 264 g/mol. The average Bonchev–Trinajstić information content (AvgIpc) is 2.41. The van der Waals surface area contributed by atoms with Crippen LogP contribution in [0.15, 0.2) is 42.1 Å². The van der Waals surface area contributed by atoms with Crippen LogP contribution in [0, 0.1) is 6.92 Å². The summed E-state index contributed by atoms with van der Waals surface area (Å²) in [4.78, 5) is 9.30. The van der Waals surface area contributed by atoms with Gasteiger partial charge in [0.25, 0.3) is 0 Å². The number of hydrogen-bond acceptors (Lipinski definition) is 6. The SMILES string of the molecule is Cc1cncc(CON[C@@H]2OC(CO)=CC=C2O)c1. The summed E-state index contributed by atoms with van der Waals surface area (Å²) in [5, 5.41) is 18.5. The highest BCUT2D eigenvalue weighted by molar-refractivity contribution is 5.18. The Bertz CT molecular complexity index is 499. The molecule has 0 fully saturated rings. The zero-order valence-corrected chi connectivity index (χ0v) is 10.5. The van der Waals surface area contributed by atoms with Crippen molar-refractivity contribution in [3.63, 3.8) is 0 Å². The highest BCUT2D eigenvalue weighted by Crippen LogP contribution is 2.13. The Morgan fingerprint density at radius 2 is 2.26 bits per heavy atom. The van der Waals surface area contributed by atoms with E-state index in [2.05, 4.69) is 10.5 Å². The molecular weight excluding hydrogens is 248 g/mol. The number of nitrogens with one attached hydrogen (secondary N) is 1. The van der Waals surface area contributed by atoms with Crippen LogP contribution >= 0.6 is 0 Å². The van der Waals surface area contributed by atoms with Gasteiger partial charge in [-0.25, -0.2) is 0 Å². The van der Waals surface area contributed by atoms with Gasteiger partial charge in [0, 0.05) is 12.4 Å². The third-order valence-electron chi connectivity index (χ3n) is 2.49. The maximum atomic E-state index is 9.58. The first-order chi connectivity index (χ1) is 9.19. The van der Waals surface area contributed by atoms with Crippen LogP contribution in [0.1, 0.15) is 11.1 Å². The minimum Gasteiger partial charge on any atom is -0.507 e. The first-order valence-corrected chi connectivity index (χ1v) is 5.84. The van der Waals surface area contributed by atoms with Crippen LogP contribution in [-0.2, 0) is 16.2 Å². The first-order valence-electron chi connectivity index (χ1n) is 5.84. The lowest BCUT2D eigenvalue weighted by Gasteiger charge is -2.23. The Morgan fingerprint density at radius 3 is 3.00 bits per heavy atom. The normalized spacial score (nSPS) is 18.5. The van der Waals surface area contributed by atoms with Gasteiger partial charge < -0.3 is 14.9 Å². The van der Waals surface area contributed by atoms with Crippen LogP contribution in [0.2, 0.25) is 0 Å². The zero-order chi connectivity index (χ0) is 13.7. The lowest BCUT2D eigenvalue weighted by Crippen LogP contribution is -2.35. The molecule has 102 valence electrons. The van der Waals surface area contributed by atoms with Gasteiger partial charge in [-0.2, -0.15) is 5.48 Å². The van der Waals surface area contributed by atoms with Gasteiger partial charge in [0.05, 0.1) is 6.61 Å². The molecule has 2 heterocycles. The number of hydroxylamine groups is 1. The number of aliphatic hydroxyl groups excluding tert-OH is 2. The van der Waals surface area contributed by atoms with Gasteiger partial charge in [-0.1, -0.05) is 6.07 Å². The van der Waals surface area contributed by atoms with E-state index in [1.54, 1.807) is 12.4 Å². The molecule has 2 rings (SSSR count). The van der Waals surface area contributed by atoms with Crippen LogP contribution in [0.3, 0.4) is 0 Å². The quantitative estimate of drug-likeness (QED) is 0.690. The van der Waals surface area contributed by atoms with Crippen molar-refractivity contribution < 1.29 is 19.8 Å². The van der Waals surface area contributed by atoms with Gasteiger partial charge in [-0.15, -0.1) is 0 Å². The number of aliphatic hydroxyl groups is 2. The fraction of sp³-hybridized carbons (Fsp3) is 0.308. The molecule has 1 atom stereocenters. The van der Waals surface area contributed by atoms with Crippen molar-refractivity contribution in [1.82, 2.24) is 10.5 Å². The molecule has 1 aliphatic rings. The first kappa shape index (κ1) is 13.5. The minimum atomic E-state index is -0.815. The van der Waals surface area contributed by atoms with Crippen LogP contribution in [0.25, 0.3) is 0 Å². The molecule has 0 aliphatic carbocycles. The third-order valence-corrected chi connectivity index (χ3v) is 2.49. The van der Waals surface area contributed by atoms with Crippen molar-refractivity contribution in [2.75, 3.05) is 6.61 Å². The predicted octanol–water partition coefficient (Wildman–Crippen LogP) is 1.09. The van der Waals surface area contributed by atoms with Gasteiger partial charge in [-0.05, 0) is 30.2 Å². The van der Waals surface area contributed by atoms with Crippen LogP contribution in [-0.4, -0.2) is 28.0 Å². The molecule has 1 aromatic heterocycles. The van der Waals surface area contributed by atoms with E-state index in [4.69, 9.17) is 14.7 Å². The van der Waals surface area contributed by atoms with Crippen molar-refractivity contribution in [2.45, 2.75) is 19.8 Å². The Morgan fingerprint density at radius 1 is 1.42 bits per heavy atom. The van der Waals surface area contributed by atoms with Gasteiger partial charge in [-0.3, -0.25) is 9.82 Å². The highest BCUT2D eigenvalue weighted by Gasteiger charge is 2.19. The van der Waals surface area contributed by atoms with Crippen molar-refractivity contribution in [3.8, 4) is 0 Å². The molecule has 0 bridgehead atoms. The Hall–Kier alpha value is -1.89. The molecule has 0 aromatic carbocycles. The number of ether oxygens (including phenoxy) is 1. The van der Waals surface area contributed by atoms with Crippen molar-refractivity contribution >= 4 is 0 Å². The second-order valence-corrected chi connectivity index (χ2v) is 4.16. The molecule has 0 saturated carbocycles. The Kier molecular flexibility index (Phi) is 4.51. The third kappa shape index (κ3) is 3.78. The van der Waals surface area contributed by atoms with E-state index in [0.717, 1.165) is 11.1 Å². The van der Waals surface area contributed by atoms with E-state index < -0.39 is 6.23 Å². The van der Waals surface area contributed by atoms with E-state index in [0.29, 0.717) is 12.4 Å². The Labute approximate surface area is 111 Å². The number of aromatic nitrogens is 1. The lowest BCUT2D eigenvalue weighted by molar-refractivity contribution is -0.0809. The van der Waals surface area contributed by atoms with E-state index >= 15 is 0 Å². The second-order valence-electron chi connectivity index (χ2n) is 4.16. The van der Waals surface area contributed by atoms with E-state index in [9.17, 15) is 5.11 Å².